The van der Waals surface area contributed by atoms with Gasteiger partial charge in [-0.15, -0.1) is 0 Å². The molecule has 0 heterocycles. The molecule has 0 aromatic heterocycles. The van der Waals surface area contributed by atoms with Gasteiger partial charge in [-0.2, -0.15) is 12.6 Å². The van der Waals surface area contributed by atoms with Crippen LogP contribution in [0.3, 0.4) is 0 Å². The van der Waals surface area contributed by atoms with Crippen LogP contribution in [-0.4, -0.2) is 17.1 Å². The van der Waals surface area contributed by atoms with Gasteiger partial charge in [0, 0.05) is 0 Å². The highest BCUT2D eigenvalue weighted by Gasteiger charge is 1.90. The molecule has 0 saturated carbocycles. The minimum absolute atomic E-state index is 0.646. The summed E-state index contributed by atoms with van der Waals surface area (Å²) in [7, 11) is 0. The number of aliphatic hydroxyl groups excluding tert-OH is 1. The molecule has 0 aliphatic rings. The number of rotatable bonds is 3. The number of thiol groups is 1. The summed E-state index contributed by atoms with van der Waals surface area (Å²) in [5, 5.41) is 8.43. The highest BCUT2D eigenvalue weighted by atomic mass is 32.1. The molecule has 2 nitrogen and oxygen atoms in total. The molecule has 0 saturated heterocycles. The predicted molar refractivity (Wildman–Crippen MR) is 33.3 cm³/mol. The Hall–Kier alpha value is 0.270. The number of aliphatic hydroxyl groups is 1. The largest absolute Gasteiger partial charge is 0.379 e. The van der Waals surface area contributed by atoms with Gasteiger partial charge in [0.2, 0.25) is 0 Å². The Balaban J connectivity index is 2.68. The van der Waals surface area contributed by atoms with Crippen molar-refractivity contribution in [2.75, 3.05) is 5.75 Å². The van der Waals surface area contributed by atoms with Gasteiger partial charge in [0.1, 0.15) is 6.23 Å². The van der Waals surface area contributed by atoms with E-state index in [-0.39, 0.29) is 0 Å². The van der Waals surface area contributed by atoms with Gasteiger partial charge < -0.3 is 10.8 Å². The van der Waals surface area contributed by atoms with Crippen LogP contribution in [0.15, 0.2) is 0 Å². The molecular formula is C4H11NOS. The van der Waals surface area contributed by atoms with Crippen molar-refractivity contribution >= 4 is 12.6 Å². The summed E-state index contributed by atoms with van der Waals surface area (Å²) >= 11 is 3.93. The first-order valence-corrected chi connectivity index (χ1v) is 2.95. The summed E-state index contributed by atoms with van der Waals surface area (Å²) in [5.74, 6) is 0.800. The Morgan fingerprint density at radius 2 is 2.29 bits per heavy atom. The van der Waals surface area contributed by atoms with Crippen LogP contribution in [0.25, 0.3) is 0 Å². The fourth-order valence-corrected chi connectivity index (χ4v) is 0.483. The van der Waals surface area contributed by atoms with Crippen molar-refractivity contribution in [3.05, 3.63) is 0 Å². The maximum atomic E-state index is 8.43. The summed E-state index contributed by atoms with van der Waals surface area (Å²) in [4.78, 5) is 0. The lowest BCUT2D eigenvalue weighted by Crippen LogP contribution is -2.18. The molecule has 0 spiro atoms. The Bertz CT molecular complexity index is 40.7. The average Bonchev–Trinajstić information content (AvgIpc) is 1.61. The molecule has 3 N–H and O–H groups in total. The second-order valence-corrected chi connectivity index (χ2v) is 1.88. The van der Waals surface area contributed by atoms with Crippen molar-refractivity contribution < 1.29 is 5.11 Å². The van der Waals surface area contributed by atoms with E-state index in [9.17, 15) is 0 Å². The highest BCUT2D eigenvalue weighted by Crippen LogP contribution is 1.91. The molecule has 0 radical (unpaired) electrons. The summed E-state index contributed by atoms with van der Waals surface area (Å²) in [6.45, 7) is 0. The maximum absolute atomic E-state index is 8.43. The van der Waals surface area contributed by atoms with Crippen LogP contribution >= 0.6 is 12.6 Å². The van der Waals surface area contributed by atoms with Crippen LogP contribution in [0.1, 0.15) is 12.8 Å². The van der Waals surface area contributed by atoms with E-state index in [1.807, 2.05) is 0 Å². The molecule has 0 rings (SSSR count). The Kier molecular flexibility index (Phi) is 4.60. The van der Waals surface area contributed by atoms with Crippen LogP contribution < -0.4 is 5.73 Å². The SMILES string of the molecule is NC(O)CCCS. The lowest BCUT2D eigenvalue weighted by atomic mass is 10.3. The minimum atomic E-state index is -0.646. The van der Waals surface area contributed by atoms with E-state index in [2.05, 4.69) is 12.6 Å². The molecular weight excluding hydrogens is 110 g/mol. The lowest BCUT2D eigenvalue weighted by Gasteiger charge is -1.98. The van der Waals surface area contributed by atoms with Gasteiger partial charge in [0.05, 0.1) is 0 Å². The number of hydrogen-bond acceptors (Lipinski definition) is 3. The minimum Gasteiger partial charge on any atom is -0.379 e. The molecule has 0 aliphatic carbocycles. The third-order valence-electron chi connectivity index (χ3n) is 0.658. The molecule has 0 aliphatic heterocycles. The zero-order chi connectivity index (χ0) is 5.70. The Labute approximate surface area is 49.1 Å². The molecule has 7 heavy (non-hydrogen) atoms. The lowest BCUT2D eigenvalue weighted by molar-refractivity contribution is 0.171. The molecule has 44 valence electrons. The van der Waals surface area contributed by atoms with E-state index < -0.39 is 6.23 Å². The van der Waals surface area contributed by atoms with Crippen molar-refractivity contribution in [3.63, 3.8) is 0 Å². The quantitative estimate of drug-likeness (QED) is 0.363. The van der Waals surface area contributed by atoms with E-state index in [0.29, 0.717) is 6.42 Å². The zero-order valence-corrected chi connectivity index (χ0v) is 5.06. The molecule has 0 aromatic rings. The second kappa shape index (κ2) is 4.43. The number of nitrogens with two attached hydrogens (primary N) is 1. The van der Waals surface area contributed by atoms with Crippen molar-refractivity contribution in [1.29, 1.82) is 0 Å². The molecule has 0 amide bonds. The normalized spacial score (nSPS) is 14.1. The van der Waals surface area contributed by atoms with Crippen LogP contribution in [0.4, 0.5) is 0 Å². The highest BCUT2D eigenvalue weighted by molar-refractivity contribution is 7.80. The van der Waals surface area contributed by atoms with Gasteiger partial charge in [0.15, 0.2) is 0 Å². The van der Waals surface area contributed by atoms with Gasteiger partial charge in [-0.25, -0.2) is 0 Å². The zero-order valence-electron chi connectivity index (χ0n) is 4.17. The Morgan fingerprint density at radius 1 is 1.71 bits per heavy atom. The van der Waals surface area contributed by atoms with Crippen molar-refractivity contribution in [1.82, 2.24) is 0 Å². The first kappa shape index (κ1) is 7.27. The summed E-state index contributed by atoms with van der Waals surface area (Å²) < 4.78 is 0. The average molecular weight is 121 g/mol. The molecule has 0 fully saturated rings. The fraction of sp³-hybridized carbons (Fsp3) is 1.00. The standard InChI is InChI=1S/C4H11NOS/c5-4(6)2-1-3-7/h4,6-7H,1-3,5H2. The van der Waals surface area contributed by atoms with Crippen LogP contribution in [0, 0.1) is 0 Å². The van der Waals surface area contributed by atoms with Gasteiger partial charge >= 0.3 is 0 Å². The third-order valence-corrected chi connectivity index (χ3v) is 0.974. The summed E-state index contributed by atoms with van der Waals surface area (Å²) in [5.41, 5.74) is 5.00. The molecule has 0 aromatic carbocycles. The molecule has 0 bridgehead atoms. The summed E-state index contributed by atoms with van der Waals surface area (Å²) in [6, 6.07) is 0. The smallest absolute Gasteiger partial charge is 0.102 e. The fourth-order valence-electron chi connectivity index (χ4n) is 0.300. The van der Waals surface area contributed by atoms with Gasteiger partial charge in [-0.3, -0.25) is 0 Å². The summed E-state index contributed by atoms with van der Waals surface area (Å²) in [6.07, 6.45) is 0.900. The first-order valence-electron chi connectivity index (χ1n) is 2.32. The Morgan fingerprint density at radius 3 is 2.43 bits per heavy atom. The van der Waals surface area contributed by atoms with Gasteiger partial charge in [-0.05, 0) is 18.6 Å². The first-order chi connectivity index (χ1) is 3.27. The van der Waals surface area contributed by atoms with Crippen molar-refractivity contribution in [2.45, 2.75) is 19.1 Å². The second-order valence-electron chi connectivity index (χ2n) is 1.43. The number of hydrogen-bond donors (Lipinski definition) is 3. The maximum Gasteiger partial charge on any atom is 0.102 e. The van der Waals surface area contributed by atoms with Crippen LogP contribution in [0.2, 0.25) is 0 Å². The third kappa shape index (κ3) is 6.27. The van der Waals surface area contributed by atoms with Gasteiger partial charge in [0.25, 0.3) is 0 Å². The molecule has 1 atom stereocenters. The molecule has 1 unspecified atom stereocenters. The van der Waals surface area contributed by atoms with E-state index in [4.69, 9.17) is 10.8 Å². The van der Waals surface area contributed by atoms with Crippen molar-refractivity contribution in [3.8, 4) is 0 Å². The van der Waals surface area contributed by atoms with Gasteiger partial charge in [-0.1, -0.05) is 0 Å². The van der Waals surface area contributed by atoms with E-state index in [1.165, 1.54) is 0 Å². The van der Waals surface area contributed by atoms with Crippen molar-refractivity contribution in [2.24, 2.45) is 5.73 Å². The van der Waals surface area contributed by atoms with E-state index in [1.54, 1.807) is 0 Å². The van der Waals surface area contributed by atoms with Crippen LogP contribution in [0.5, 0.6) is 0 Å². The van der Waals surface area contributed by atoms with E-state index in [0.717, 1.165) is 12.2 Å². The van der Waals surface area contributed by atoms with E-state index >= 15 is 0 Å². The van der Waals surface area contributed by atoms with Crippen LogP contribution in [-0.2, 0) is 0 Å². The topological polar surface area (TPSA) is 46.2 Å². The predicted octanol–water partition coefficient (Wildman–Crippen LogP) is -0.0265. The monoisotopic (exact) mass is 121 g/mol. The molecule has 3 heteroatoms.